The number of aliphatic hydroxyl groups is 1. The number of halogens is 1. The number of aryl methyl sites for hydroxylation is 1. The zero-order valence-electron chi connectivity index (χ0n) is 7.63. The Morgan fingerprint density at radius 2 is 2.08 bits per heavy atom. The van der Waals surface area contributed by atoms with E-state index in [4.69, 9.17) is 16.7 Å². The van der Waals surface area contributed by atoms with Crippen molar-refractivity contribution in [1.29, 1.82) is 0 Å². The molecule has 0 aliphatic heterocycles. The zero-order chi connectivity index (χ0) is 9.84. The maximum Gasteiger partial charge on any atom is 0.137 e. The number of nitrogens with zero attached hydrogens (tertiary/aromatic N) is 2. The quantitative estimate of drug-likeness (QED) is 0.721. The molecule has 0 bridgehead atoms. The highest BCUT2D eigenvalue weighted by Gasteiger charge is 2.05. The van der Waals surface area contributed by atoms with Crippen LogP contribution in [0, 0.1) is 13.8 Å². The van der Waals surface area contributed by atoms with Crippen LogP contribution in [0.15, 0.2) is 0 Å². The zero-order valence-corrected chi connectivity index (χ0v) is 8.39. The Morgan fingerprint density at radius 3 is 2.69 bits per heavy atom. The average Bonchev–Trinajstić information content (AvgIpc) is 2.09. The highest BCUT2D eigenvalue weighted by molar-refractivity contribution is 6.30. The van der Waals surface area contributed by atoms with E-state index in [-0.39, 0.29) is 6.61 Å². The van der Waals surface area contributed by atoms with Gasteiger partial charge in [0, 0.05) is 12.1 Å². The molecular formula is C8H12ClN3O. The molecule has 1 rings (SSSR count). The molecule has 1 aromatic rings. The lowest BCUT2D eigenvalue weighted by atomic mass is 10.3. The van der Waals surface area contributed by atoms with E-state index >= 15 is 0 Å². The van der Waals surface area contributed by atoms with Gasteiger partial charge in [-0.2, -0.15) is 0 Å². The summed E-state index contributed by atoms with van der Waals surface area (Å²) in [4.78, 5) is 8.15. The molecule has 0 unspecified atom stereocenters. The van der Waals surface area contributed by atoms with Gasteiger partial charge >= 0.3 is 0 Å². The molecule has 2 N–H and O–H groups in total. The normalized spacial score (nSPS) is 10.2. The van der Waals surface area contributed by atoms with Crippen molar-refractivity contribution < 1.29 is 5.11 Å². The SMILES string of the molecule is Cc1nc(Cl)c(C)c(NCCO)n1. The second-order valence-electron chi connectivity index (χ2n) is 2.69. The lowest BCUT2D eigenvalue weighted by Crippen LogP contribution is -2.09. The molecule has 0 saturated heterocycles. The van der Waals surface area contributed by atoms with Crippen LogP contribution >= 0.6 is 11.6 Å². The fraction of sp³-hybridized carbons (Fsp3) is 0.500. The van der Waals surface area contributed by atoms with Crippen molar-refractivity contribution in [3.8, 4) is 0 Å². The van der Waals surface area contributed by atoms with Crippen molar-refractivity contribution >= 4 is 17.4 Å². The highest BCUT2D eigenvalue weighted by Crippen LogP contribution is 2.18. The first-order valence-electron chi connectivity index (χ1n) is 4.00. The van der Waals surface area contributed by atoms with E-state index in [0.29, 0.717) is 23.3 Å². The fourth-order valence-corrected chi connectivity index (χ4v) is 1.15. The third-order valence-corrected chi connectivity index (χ3v) is 1.97. The number of aliphatic hydroxyl groups excluding tert-OH is 1. The Bertz CT molecular complexity index is 304. The Labute approximate surface area is 82.0 Å². The van der Waals surface area contributed by atoms with Gasteiger partial charge in [0.15, 0.2) is 0 Å². The van der Waals surface area contributed by atoms with Crippen molar-refractivity contribution in [3.63, 3.8) is 0 Å². The predicted molar refractivity (Wildman–Crippen MR) is 52.1 cm³/mol. The van der Waals surface area contributed by atoms with Crippen molar-refractivity contribution in [2.24, 2.45) is 0 Å². The maximum atomic E-state index is 8.62. The van der Waals surface area contributed by atoms with Crippen LogP contribution in [0.4, 0.5) is 5.82 Å². The van der Waals surface area contributed by atoms with Gasteiger partial charge in [-0.25, -0.2) is 9.97 Å². The monoisotopic (exact) mass is 201 g/mol. The minimum Gasteiger partial charge on any atom is -0.395 e. The molecule has 1 heterocycles. The maximum absolute atomic E-state index is 8.62. The Hall–Kier alpha value is -0.870. The van der Waals surface area contributed by atoms with Crippen LogP contribution in [-0.4, -0.2) is 28.2 Å². The van der Waals surface area contributed by atoms with Gasteiger partial charge < -0.3 is 10.4 Å². The Morgan fingerprint density at radius 1 is 1.38 bits per heavy atom. The van der Waals surface area contributed by atoms with Crippen LogP contribution in [-0.2, 0) is 0 Å². The lowest BCUT2D eigenvalue weighted by Gasteiger charge is -2.08. The number of hydrogen-bond donors (Lipinski definition) is 2. The number of hydrogen-bond acceptors (Lipinski definition) is 4. The number of aromatic nitrogens is 2. The largest absolute Gasteiger partial charge is 0.395 e. The van der Waals surface area contributed by atoms with Gasteiger partial charge in [0.1, 0.15) is 16.8 Å². The third-order valence-electron chi connectivity index (χ3n) is 1.60. The van der Waals surface area contributed by atoms with Gasteiger partial charge in [-0.15, -0.1) is 0 Å². The lowest BCUT2D eigenvalue weighted by molar-refractivity contribution is 0.311. The van der Waals surface area contributed by atoms with Crippen LogP contribution in [0.1, 0.15) is 11.4 Å². The van der Waals surface area contributed by atoms with E-state index < -0.39 is 0 Å². The molecule has 0 fully saturated rings. The molecule has 4 nitrogen and oxygen atoms in total. The standard InChI is InChI=1S/C8H12ClN3O/c1-5-7(9)11-6(2)12-8(5)10-3-4-13/h13H,3-4H2,1-2H3,(H,10,11,12). The summed E-state index contributed by atoms with van der Waals surface area (Å²) in [6.07, 6.45) is 0. The van der Waals surface area contributed by atoms with Gasteiger partial charge in [0.25, 0.3) is 0 Å². The predicted octanol–water partition coefficient (Wildman–Crippen LogP) is 1.15. The molecule has 72 valence electrons. The molecule has 0 spiro atoms. The Balaban J connectivity index is 2.92. The first kappa shape index (κ1) is 10.2. The summed E-state index contributed by atoms with van der Waals surface area (Å²) in [5, 5.41) is 12.0. The molecule has 0 radical (unpaired) electrons. The molecule has 0 aliphatic rings. The van der Waals surface area contributed by atoms with Crippen LogP contribution < -0.4 is 5.32 Å². The highest BCUT2D eigenvalue weighted by atomic mass is 35.5. The summed E-state index contributed by atoms with van der Waals surface area (Å²) < 4.78 is 0. The van der Waals surface area contributed by atoms with E-state index in [1.54, 1.807) is 6.92 Å². The summed E-state index contributed by atoms with van der Waals surface area (Å²) >= 11 is 5.84. The summed E-state index contributed by atoms with van der Waals surface area (Å²) in [5.74, 6) is 1.31. The summed E-state index contributed by atoms with van der Waals surface area (Å²) in [7, 11) is 0. The fourth-order valence-electron chi connectivity index (χ4n) is 0.941. The minimum atomic E-state index is 0.0696. The summed E-state index contributed by atoms with van der Waals surface area (Å²) in [6, 6.07) is 0. The van der Waals surface area contributed by atoms with E-state index in [0.717, 1.165) is 5.56 Å². The third kappa shape index (κ3) is 2.54. The van der Waals surface area contributed by atoms with Crippen molar-refractivity contribution in [1.82, 2.24) is 9.97 Å². The number of rotatable bonds is 3. The molecule has 0 amide bonds. The first-order chi connectivity index (χ1) is 6.15. The van der Waals surface area contributed by atoms with Gasteiger partial charge in [0.2, 0.25) is 0 Å². The van der Waals surface area contributed by atoms with Crippen LogP contribution in [0.2, 0.25) is 5.15 Å². The van der Waals surface area contributed by atoms with Gasteiger partial charge in [-0.05, 0) is 13.8 Å². The van der Waals surface area contributed by atoms with E-state index in [9.17, 15) is 0 Å². The van der Waals surface area contributed by atoms with Crippen LogP contribution in [0.5, 0.6) is 0 Å². The van der Waals surface area contributed by atoms with E-state index in [1.165, 1.54) is 0 Å². The Kier molecular flexibility index (Phi) is 3.45. The van der Waals surface area contributed by atoms with Gasteiger partial charge in [0.05, 0.1) is 6.61 Å². The average molecular weight is 202 g/mol. The van der Waals surface area contributed by atoms with E-state index in [1.807, 2.05) is 6.92 Å². The molecule has 0 saturated carbocycles. The molecule has 0 atom stereocenters. The van der Waals surface area contributed by atoms with Crippen LogP contribution in [0.3, 0.4) is 0 Å². The van der Waals surface area contributed by atoms with Gasteiger partial charge in [-0.1, -0.05) is 11.6 Å². The van der Waals surface area contributed by atoms with Crippen molar-refractivity contribution in [2.75, 3.05) is 18.5 Å². The van der Waals surface area contributed by atoms with Crippen LogP contribution in [0.25, 0.3) is 0 Å². The smallest absolute Gasteiger partial charge is 0.137 e. The number of nitrogens with one attached hydrogen (secondary N) is 1. The summed E-state index contributed by atoms with van der Waals surface area (Å²) in [6.45, 7) is 4.14. The van der Waals surface area contributed by atoms with Crippen molar-refractivity contribution in [3.05, 3.63) is 16.5 Å². The molecule has 5 heteroatoms. The minimum absolute atomic E-state index is 0.0696. The topological polar surface area (TPSA) is 58.0 Å². The molecule has 0 aromatic carbocycles. The van der Waals surface area contributed by atoms with E-state index in [2.05, 4.69) is 15.3 Å². The molecule has 13 heavy (non-hydrogen) atoms. The number of anilines is 1. The molecule has 0 aliphatic carbocycles. The first-order valence-corrected chi connectivity index (χ1v) is 4.38. The summed E-state index contributed by atoms with van der Waals surface area (Å²) in [5.41, 5.74) is 0.806. The molecular weight excluding hydrogens is 190 g/mol. The van der Waals surface area contributed by atoms with Crippen molar-refractivity contribution in [2.45, 2.75) is 13.8 Å². The second-order valence-corrected chi connectivity index (χ2v) is 3.04. The molecule has 1 aromatic heterocycles. The second kappa shape index (κ2) is 4.39. The van der Waals surface area contributed by atoms with Gasteiger partial charge in [-0.3, -0.25) is 0 Å².